The molecule has 0 fully saturated rings. The number of nitrogens with zero attached hydrogens (tertiary/aromatic N) is 2. The molecule has 1 rings (SSSR count). The highest BCUT2D eigenvalue weighted by Gasteiger charge is 2.06. The minimum absolute atomic E-state index is 0.204. The molecule has 0 bridgehead atoms. The van der Waals surface area contributed by atoms with E-state index in [0.717, 1.165) is 25.2 Å². The quantitative estimate of drug-likeness (QED) is 0.627. The minimum Gasteiger partial charge on any atom is -0.474 e. The molecule has 1 N–H and O–H groups in total. The monoisotopic (exact) mass is 293 g/mol. The molecular formula is C17H31N3O. The van der Waals surface area contributed by atoms with Gasteiger partial charge in [0.1, 0.15) is 0 Å². The number of aromatic nitrogens is 2. The zero-order chi connectivity index (χ0) is 15.5. The van der Waals surface area contributed by atoms with E-state index < -0.39 is 0 Å². The van der Waals surface area contributed by atoms with Gasteiger partial charge in [0.25, 0.3) is 0 Å². The van der Waals surface area contributed by atoms with Gasteiger partial charge < -0.3 is 10.1 Å². The molecular weight excluding hydrogens is 262 g/mol. The predicted molar refractivity (Wildman–Crippen MR) is 87.4 cm³/mol. The average Bonchev–Trinajstić information content (AvgIpc) is 2.44. The maximum Gasteiger partial charge on any atom is 0.232 e. The summed E-state index contributed by atoms with van der Waals surface area (Å²) >= 11 is 0. The summed E-state index contributed by atoms with van der Waals surface area (Å²) in [6, 6.07) is 0. The second kappa shape index (κ2) is 10.6. The molecule has 1 heterocycles. The Morgan fingerprint density at radius 3 is 2.67 bits per heavy atom. The van der Waals surface area contributed by atoms with Gasteiger partial charge in [-0.2, -0.15) is 0 Å². The molecule has 120 valence electrons. The fourth-order valence-electron chi connectivity index (χ4n) is 2.14. The smallest absolute Gasteiger partial charge is 0.232 e. The molecule has 4 heteroatoms. The van der Waals surface area contributed by atoms with Crippen LogP contribution in [0.1, 0.15) is 65.5 Å². The van der Waals surface area contributed by atoms with Crippen LogP contribution in [0.5, 0.6) is 5.88 Å². The van der Waals surface area contributed by atoms with E-state index >= 15 is 0 Å². The van der Waals surface area contributed by atoms with Gasteiger partial charge in [-0.3, -0.25) is 4.98 Å². The molecule has 0 amide bonds. The van der Waals surface area contributed by atoms with Gasteiger partial charge in [-0.1, -0.05) is 40.0 Å². The van der Waals surface area contributed by atoms with Crippen LogP contribution in [0.4, 0.5) is 0 Å². The first kappa shape index (κ1) is 17.9. The third-order valence-electron chi connectivity index (χ3n) is 3.31. The molecule has 0 aliphatic rings. The first-order chi connectivity index (χ1) is 10.1. The lowest BCUT2D eigenvalue weighted by molar-refractivity contribution is 0.196. The largest absolute Gasteiger partial charge is 0.474 e. The third kappa shape index (κ3) is 8.66. The Kier molecular flexibility index (Phi) is 8.99. The Bertz CT molecular complexity index is 382. The standard InChI is InChI=1S/C17H31N3O/c1-5-6-7-8-9-15(4)21-17-13-19-12-16(20-17)11-18-10-14(2)3/h12-15,18H,5-11H2,1-4H3. The Balaban J connectivity index is 2.34. The zero-order valence-corrected chi connectivity index (χ0v) is 14.1. The first-order valence-corrected chi connectivity index (χ1v) is 8.30. The van der Waals surface area contributed by atoms with Crippen molar-refractivity contribution in [2.45, 2.75) is 72.4 Å². The zero-order valence-electron chi connectivity index (χ0n) is 14.1. The Morgan fingerprint density at radius 2 is 1.95 bits per heavy atom. The van der Waals surface area contributed by atoms with E-state index in [1.807, 2.05) is 0 Å². The normalized spacial score (nSPS) is 12.6. The molecule has 21 heavy (non-hydrogen) atoms. The Hall–Kier alpha value is -1.16. The molecule has 1 unspecified atom stereocenters. The summed E-state index contributed by atoms with van der Waals surface area (Å²) in [5.74, 6) is 1.28. The van der Waals surface area contributed by atoms with Crippen LogP contribution in [0.3, 0.4) is 0 Å². The lowest BCUT2D eigenvalue weighted by Crippen LogP contribution is -2.20. The highest BCUT2D eigenvalue weighted by Crippen LogP contribution is 2.12. The number of hydrogen-bond acceptors (Lipinski definition) is 4. The molecule has 0 radical (unpaired) electrons. The lowest BCUT2D eigenvalue weighted by Gasteiger charge is -2.14. The SMILES string of the molecule is CCCCCCC(C)Oc1cncc(CNCC(C)C)n1. The van der Waals surface area contributed by atoms with Gasteiger partial charge in [-0.25, -0.2) is 4.98 Å². The topological polar surface area (TPSA) is 47.0 Å². The van der Waals surface area contributed by atoms with E-state index in [1.54, 1.807) is 12.4 Å². The summed E-state index contributed by atoms with van der Waals surface area (Å²) in [7, 11) is 0. The van der Waals surface area contributed by atoms with Crippen LogP contribution in [0, 0.1) is 5.92 Å². The van der Waals surface area contributed by atoms with Crippen molar-refractivity contribution in [2.75, 3.05) is 6.54 Å². The second-order valence-electron chi connectivity index (χ2n) is 6.15. The molecule has 0 saturated carbocycles. The molecule has 1 aromatic rings. The summed E-state index contributed by atoms with van der Waals surface area (Å²) in [4.78, 5) is 8.72. The van der Waals surface area contributed by atoms with Crippen molar-refractivity contribution >= 4 is 0 Å². The number of rotatable bonds is 11. The first-order valence-electron chi connectivity index (χ1n) is 8.30. The van der Waals surface area contributed by atoms with Gasteiger partial charge in [0.15, 0.2) is 0 Å². The summed E-state index contributed by atoms with van der Waals surface area (Å²) < 4.78 is 5.86. The second-order valence-corrected chi connectivity index (χ2v) is 6.15. The van der Waals surface area contributed by atoms with Crippen molar-refractivity contribution in [3.8, 4) is 5.88 Å². The highest BCUT2D eigenvalue weighted by molar-refractivity contribution is 5.08. The van der Waals surface area contributed by atoms with E-state index in [1.165, 1.54) is 25.7 Å². The van der Waals surface area contributed by atoms with Crippen molar-refractivity contribution in [3.63, 3.8) is 0 Å². The van der Waals surface area contributed by atoms with Gasteiger partial charge in [-0.15, -0.1) is 0 Å². The molecule has 0 saturated heterocycles. The lowest BCUT2D eigenvalue weighted by atomic mass is 10.1. The molecule has 0 aromatic carbocycles. The van der Waals surface area contributed by atoms with Crippen LogP contribution in [0.25, 0.3) is 0 Å². The Labute approximate surface area is 129 Å². The highest BCUT2D eigenvalue weighted by atomic mass is 16.5. The molecule has 1 atom stereocenters. The van der Waals surface area contributed by atoms with Crippen LogP contribution in [-0.2, 0) is 6.54 Å². The maximum atomic E-state index is 5.86. The number of ether oxygens (including phenoxy) is 1. The molecule has 4 nitrogen and oxygen atoms in total. The van der Waals surface area contributed by atoms with Gasteiger partial charge >= 0.3 is 0 Å². The minimum atomic E-state index is 0.204. The van der Waals surface area contributed by atoms with Crippen LogP contribution in [-0.4, -0.2) is 22.6 Å². The average molecular weight is 293 g/mol. The van der Waals surface area contributed by atoms with E-state index in [4.69, 9.17) is 4.74 Å². The molecule has 0 spiro atoms. The number of hydrogen-bond donors (Lipinski definition) is 1. The van der Waals surface area contributed by atoms with Gasteiger partial charge in [0.05, 0.1) is 18.0 Å². The van der Waals surface area contributed by atoms with Crippen molar-refractivity contribution in [1.29, 1.82) is 0 Å². The van der Waals surface area contributed by atoms with Crippen LogP contribution in [0.2, 0.25) is 0 Å². The maximum absolute atomic E-state index is 5.86. The predicted octanol–water partition coefficient (Wildman–Crippen LogP) is 3.96. The van der Waals surface area contributed by atoms with E-state index in [0.29, 0.717) is 11.8 Å². The molecule has 1 aromatic heterocycles. The fraction of sp³-hybridized carbons (Fsp3) is 0.765. The summed E-state index contributed by atoms with van der Waals surface area (Å²) in [5, 5.41) is 3.37. The molecule has 0 aliphatic heterocycles. The van der Waals surface area contributed by atoms with Crippen molar-refractivity contribution in [3.05, 3.63) is 18.1 Å². The van der Waals surface area contributed by atoms with Gasteiger partial charge in [0, 0.05) is 12.7 Å². The van der Waals surface area contributed by atoms with Crippen molar-refractivity contribution in [2.24, 2.45) is 5.92 Å². The van der Waals surface area contributed by atoms with E-state index in [2.05, 4.69) is 43.0 Å². The van der Waals surface area contributed by atoms with Crippen LogP contribution >= 0.6 is 0 Å². The third-order valence-corrected chi connectivity index (χ3v) is 3.31. The van der Waals surface area contributed by atoms with Crippen LogP contribution < -0.4 is 10.1 Å². The number of nitrogens with one attached hydrogen (secondary N) is 1. The summed E-state index contributed by atoms with van der Waals surface area (Å²) in [6.07, 6.45) is 9.87. The van der Waals surface area contributed by atoms with Gasteiger partial charge in [-0.05, 0) is 32.2 Å². The van der Waals surface area contributed by atoms with Gasteiger partial charge in [0.2, 0.25) is 5.88 Å². The molecule has 0 aliphatic carbocycles. The van der Waals surface area contributed by atoms with Crippen molar-refractivity contribution in [1.82, 2.24) is 15.3 Å². The van der Waals surface area contributed by atoms with E-state index in [9.17, 15) is 0 Å². The van der Waals surface area contributed by atoms with Crippen molar-refractivity contribution < 1.29 is 4.74 Å². The van der Waals surface area contributed by atoms with Crippen LogP contribution in [0.15, 0.2) is 12.4 Å². The summed E-state index contributed by atoms with van der Waals surface area (Å²) in [5.41, 5.74) is 0.936. The summed E-state index contributed by atoms with van der Waals surface area (Å²) in [6.45, 7) is 10.5. The van der Waals surface area contributed by atoms with E-state index in [-0.39, 0.29) is 6.10 Å². The Morgan fingerprint density at radius 1 is 1.14 bits per heavy atom. The fourth-order valence-corrected chi connectivity index (χ4v) is 2.14. The number of unbranched alkanes of at least 4 members (excludes halogenated alkanes) is 3.